The maximum Gasteiger partial charge on any atom is 0.243 e. The molecule has 0 fully saturated rings. The van der Waals surface area contributed by atoms with Gasteiger partial charge in [-0.25, -0.2) is 8.78 Å². The molecule has 2 rings (SSSR count). The molecule has 7 heteroatoms. The van der Waals surface area contributed by atoms with Gasteiger partial charge in [-0.3, -0.25) is 9.59 Å². The highest BCUT2D eigenvalue weighted by Gasteiger charge is 2.10. The summed E-state index contributed by atoms with van der Waals surface area (Å²) in [6.07, 6.45) is 0. The monoisotopic (exact) mass is 319 g/mol. The van der Waals surface area contributed by atoms with Crippen molar-refractivity contribution in [2.75, 3.05) is 17.2 Å². The Balaban J connectivity index is 2.19. The van der Waals surface area contributed by atoms with E-state index in [-0.39, 0.29) is 29.5 Å². The maximum atomic E-state index is 13.7. The number of halogens is 2. The zero-order valence-electron chi connectivity index (χ0n) is 12.3. The Morgan fingerprint density at radius 2 is 1.74 bits per heavy atom. The fourth-order valence-corrected chi connectivity index (χ4v) is 1.84. The first-order chi connectivity index (χ1) is 11.0. The minimum atomic E-state index is -0.538. The standard InChI is InChI=1S/C16H15F2N3O2/c1-10(22)19-9-16(23)21-14-7-6-11(17)8-15(14)20-13-5-3-2-4-12(13)18/h2-8,20H,9H2,1H3,(H,19,22)(H,21,23). The van der Waals surface area contributed by atoms with E-state index in [1.54, 1.807) is 6.07 Å². The van der Waals surface area contributed by atoms with Gasteiger partial charge in [0.1, 0.15) is 11.6 Å². The fourth-order valence-electron chi connectivity index (χ4n) is 1.84. The number of anilines is 3. The number of amides is 2. The van der Waals surface area contributed by atoms with E-state index in [0.717, 1.165) is 6.07 Å². The lowest BCUT2D eigenvalue weighted by molar-refractivity contribution is -0.122. The smallest absolute Gasteiger partial charge is 0.243 e. The number of hydrogen-bond donors (Lipinski definition) is 3. The third-order valence-corrected chi connectivity index (χ3v) is 2.90. The zero-order valence-corrected chi connectivity index (χ0v) is 12.3. The van der Waals surface area contributed by atoms with Gasteiger partial charge in [0.15, 0.2) is 0 Å². The van der Waals surface area contributed by atoms with E-state index in [4.69, 9.17) is 0 Å². The number of carbonyl (C=O) groups is 2. The van der Waals surface area contributed by atoms with Gasteiger partial charge in [-0.15, -0.1) is 0 Å². The third-order valence-electron chi connectivity index (χ3n) is 2.90. The van der Waals surface area contributed by atoms with E-state index in [0.29, 0.717) is 0 Å². The molecule has 0 radical (unpaired) electrons. The molecule has 23 heavy (non-hydrogen) atoms. The third kappa shape index (κ3) is 4.77. The molecule has 0 atom stereocenters. The van der Waals surface area contributed by atoms with Crippen LogP contribution in [0.5, 0.6) is 0 Å². The number of para-hydroxylation sites is 1. The Kier molecular flexibility index (Phi) is 5.24. The lowest BCUT2D eigenvalue weighted by Gasteiger charge is -2.14. The number of hydrogen-bond acceptors (Lipinski definition) is 3. The summed E-state index contributed by atoms with van der Waals surface area (Å²) < 4.78 is 27.1. The van der Waals surface area contributed by atoms with Crippen LogP contribution in [0.1, 0.15) is 6.92 Å². The van der Waals surface area contributed by atoms with Crippen LogP contribution in [0.4, 0.5) is 25.8 Å². The van der Waals surface area contributed by atoms with Crippen molar-refractivity contribution in [2.24, 2.45) is 0 Å². The molecule has 2 aromatic carbocycles. The van der Waals surface area contributed by atoms with E-state index in [1.807, 2.05) is 0 Å². The molecule has 2 amide bonds. The van der Waals surface area contributed by atoms with Crippen molar-refractivity contribution in [2.45, 2.75) is 6.92 Å². The van der Waals surface area contributed by atoms with Gasteiger partial charge in [0.25, 0.3) is 0 Å². The SMILES string of the molecule is CC(=O)NCC(=O)Nc1ccc(F)cc1Nc1ccccc1F. The van der Waals surface area contributed by atoms with Gasteiger partial charge < -0.3 is 16.0 Å². The van der Waals surface area contributed by atoms with E-state index in [1.165, 1.54) is 37.3 Å². The summed E-state index contributed by atoms with van der Waals surface area (Å²) in [6.45, 7) is 1.07. The van der Waals surface area contributed by atoms with Crippen LogP contribution in [0.2, 0.25) is 0 Å². The maximum absolute atomic E-state index is 13.7. The molecule has 0 bridgehead atoms. The molecule has 0 heterocycles. The second-order valence-corrected chi connectivity index (χ2v) is 4.75. The molecule has 0 saturated heterocycles. The van der Waals surface area contributed by atoms with Crippen molar-refractivity contribution < 1.29 is 18.4 Å². The molecule has 0 spiro atoms. The zero-order chi connectivity index (χ0) is 16.8. The van der Waals surface area contributed by atoms with Crippen molar-refractivity contribution in [1.29, 1.82) is 0 Å². The normalized spacial score (nSPS) is 10.0. The fraction of sp³-hybridized carbons (Fsp3) is 0.125. The van der Waals surface area contributed by atoms with E-state index in [9.17, 15) is 18.4 Å². The van der Waals surface area contributed by atoms with Crippen LogP contribution in [0.3, 0.4) is 0 Å². The average molecular weight is 319 g/mol. The highest BCUT2D eigenvalue weighted by molar-refractivity contribution is 5.97. The Bertz CT molecular complexity index is 735. The van der Waals surface area contributed by atoms with Crippen molar-refractivity contribution in [1.82, 2.24) is 5.32 Å². The number of benzene rings is 2. The number of rotatable bonds is 5. The second-order valence-electron chi connectivity index (χ2n) is 4.75. The molecule has 2 aromatic rings. The summed E-state index contributed by atoms with van der Waals surface area (Å²) in [5.74, 6) is -1.87. The van der Waals surface area contributed by atoms with E-state index >= 15 is 0 Å². The molecule has 120 valence electrons. The lowest BCUT2D eigenvalue weighted by atomic mass is 10.2. The van der Waals surface area contributed by atoms with Gasteiger partial charge in [0.05, 0.1) is 23.6 Å². The quantitative estimate of drug-likeness (QED) is 0.793. The van der Waals surface area contributed by atoms with Crippen molar-refractivity contribution >= 4 is 28.9 Å². The van der Waals surface area contributed by atoms with E-state index in [2.05, 4.69) is 16.0 Å². The Hall–Kier alpha value is -2.96. The van der Waals surface area contributed by atoms with Crippen LogP contribution in [-0.4, -0.2) is 18.4 Å². The Labute approximate surface area is 131 Å². The average Bonchev–Trinajstić information content (AvgIpc) is 2.50. The summed E-state index contributed by atoms with van der Waals surface area (Å²) in [7, 11) is 0. The molecular formula is C16H15F2N3O2. The Morgan fingerprint density at radius 3 is 2.43 bits per heavy atom. The number of nitrogens with one attached hydrogen (secondary N) is 3. The van der Waals surface area contributed by atoms with Crippen LogP contribution < -0.4 is 16.0 Å². The van der Waals surface area contributed by atoms with Crippen LogP contribution in [-0.2, 0) is 9.59 Å². The predicted molar refractivity (Wildman–Crippen MR) is 83.4 cm³/mol. The summed E-state index contributed by atoms with van der Waals surface area (Å²) in [5, 5.41) is 7.61. The predicted octanol–water partition coefficient (Wildman–Crippen LogP) is 2.78. The topological polar surface area (TPSA) is 70.2 Å². The van der Waals surface area contributed by atoms with Gasteiger partial charge in [0, 0.05) is 6.92 Å². The van der Waals surface area contributed by atoms with Crippen molar-refractivity contribution in [3.05, 3.63) is 54.1 Å². The molecule has 5 nitrogen and oxygen atoms in total. The summed E-state index contributed by atoms with van der Waals surface area (Å²) >= 11 is 0. The van der Waals surface area contributed by atoms with Crippen LogP contribution >= 0.6 is 0 Å². The molecular weight excluding hydrogens is 304 g/mol. The summed E-state index contributed by atoms with van der Waals surface area (Å²) in [5.41, 5.74) is 0.617. The van der Waals surface area contributed by atoms with Gasteiger partial charge >= 0.3 is 0 Å². The lowest BCUT2D eigenvalue weighted by Crippen LogP contribution is -2.31. The van der Waals surface area contributed by atoms with Gasteiger partial charge in [-0.1, -0.05) is 12.1 Å². The highest BCUT2D eigenvalue weighted by atomic mass is 19.1. The minimum absolute atomic E-state index is 0.149. The van der Waals surface area contributed by atoms with Gasteiger partial charge in [-0.2, -0.15) is 0 Å². The molecule has 0 saturated carbocycles. The molecule has 0 unspecified atom stereocenters. The van der Waals surface area contributed by atoms with Crippen molar-refractivity contribution in [3.8, 4) is 0 Å². The van der Waals surface area contributed by atoms with Gasteiger partial charge in [0.2, 0.25) is 11.8 Å². The highest BCUT2D eigenvalue weighted by Crippen LogP contribution is 2.27. The van der Waals surface area contributed by atoms with Crippen LogP contribution in [0, 0.1) is 11.6 Å². The van der Waals surface area contributed by atoms with Crippen molar-refractivity contribution in [3.63, 3.8) is 0 Å². The molecule has 0 aliphatic carbocycles. The van der Waals surface area contributed by atoms with Gasteiger partial charge in [-0.05, 0) is 30.3 Å². The molecule has 0 aliphatic rings. The second kappa shape index (κ2) is 7.35. The molecule has 0 aliphatic heterocycles. The Morgan fingerprint density at radius 1 is 1.00 bits per heavy atom. The first-order valence-electron chi connectivity index (χ1n) is 6.81. The first kappa shape index (κ1) is 16.4. The van der Waals surface area contributed by atoms with E-state index < -0.39 is 17.5 Å². The summed E-state index contributed by atoms with van der Waals surface area (Å²) in [4.78, 5) is 22.5. The first-order valence-corrected chi connectivity index (χ1v) is 6.81. The number of carbonyl (C=O) groups excluding carboxylic acids is 2. The van der Waals surface area contributed by atoms with Crippen LogP contribution in [0.15, 0.2) is 42.5 Å². The molecule has 0 aromatic heterocycles. The van der Waals surface area contributed by atoms with Crippen LogP contribution in [0.25, 0.3) is 0 Å². The molecule has 3 N–H and O–H groups in total. The summed E-state index contributed by atoms with van der Waals surface area (Å²) in [6, 6.07) is 9.56. The minimum Gasteiger partial charge on any atom is -0.351 e. The largest absolute Gasteiger partial charge is 0.351 e.